The maximum atomic E-state index is 8.81. The van der Waals surface area contributed by atoms with Crippen LogP contribution >= 0.6 is 15.9 Å². The van der Waals surface area contributed by atoms with Crippen LogP contribution in [0.15, 0.2) is 28.7 Å². The van der Waals surface area contributed by atoms with Crippen LogP contribution in [-0.4, -0.2) is 21.7 Å². The number of hydrogen-bond acceptors (Lipinski definition) is 2. The minimum atomic E-state index is 0.200. The van der Waals surface area contributed by atoms with Gasteiger partial charge >= 0.3 is 0 Å². The van der Waals surface area contributed by atoms with Crippen LogP contribution in [0.3, 0.4) is 0 Å². The zero-order valence-electron chi connectivity index (χ0n) is 9.70. The Morgan fingerprint density at radius 3 is 2.94 bits per heavy atom. The van der Waals surface area contributed by atoms with Gasteiger partial charge in [0.15, 0.2) is 0 Å². The van der Waals surface area contributed by atoms with E-state index in [1.165, 1.54) is 0 Å². The Balaban J connectivity index is 2.29. The number of benzene rings is 1. The van der Waals surface area contributed by atoms with Crippen molar-refractivity contribution in [1.29, 1.82) is 0 Å². The number of aromatic nitrogens is 2. The second kappa shape index (κ2) is 5.47. The molecule has 90 valence electrons. The molecule has 1 aromatic heterocycles. The summed E-state index contributed by atoms with van der Waals surface area (Å²) in [6, 6.07) is 8.10. The molecule has 0 saturated heterocycles. The van der Waals surface area contributed by atoms with Crippen molar-refractivity contribution in [2.75, 3.05) is 6.61 Å². The van der Waals surface area contributed by atoms with Gasteiger partial charge in [-0.1, -0.05) is 28.1 Å². The van der Waals surface area contributed by atoms with Gasteiger partial charge in [-0.15, -0.1) is 0 Å². The highest BCUT2D eigenvalue weighted by atomic mass is 79.9. The van der Waals surface area contributed by atoms with Gasteiger partial charge in [-0.2, -0.15) is 0 Å². The van der Waals surface area contributed by atoms with Crippen molar-refractivity contribution in [2.24, 2.45) is 0 Å². The molecule has 0 spiro atoms. The summed E-state index contributed by atoms with van der Waals surface area (Å²) in [5.74, 6) is 0.937. The number of imidazole rings is 1. The third-order valence-electron chi connectivity index (χ3n) is 2.60. The van der Waals surface area contributed by atoms with E-state index in [0.29, 0.717) is 0 Å². The molecule has 0 atom stereocenters. The van der Waals surface area contributed by atoms with Gasteiger partial charge in [0.05, 0.1) is 5.69 Å². The Morgan fingerprint density at radius 2 is 2.24 bits per heavy atom. The second-order valence-electron chi connectivity index (χ2n) is 3.99. The fourth-order valence-electron chi connectivity index (χ4n) is 1.80. The van der Waals surface area contributed by atoms with Crippen molar-refractivity contribution in [2.45, 2.75) is 19.8 Å². The van der Waals surface area contributed by atoms with E-state index in [1.807, 2.05) is 25.1 Å². The number of aryl methyl sites for hydroxylation is 2. The van der Waals surface area contributed by atoms with Gasteiger partial charge in [0.1, 0.15) is 5.82 Å². The zero-order valence-corrected chi connectivity index (χ0v) is 11.3. The molecule has 1 heterocycles. The molecule has 2 aromatic rings. The lowest BCUT2D eigenvalue weighted by atomic mass is 10.1. The first-order valence-electron chi connectivity index (χ1n) is 5.63. The van der Waals surface area contributed by atoms with Crippen LogP contribution in [0.25, 0.3) is 11.3 Å². The Labute approximate surface area is 109 Å². The molecule has 4 heteroatoms. The number of aliphatic hydroxyl groups excluding tert-OH is 1. The van der Waals surface area contributed by atoms with Gasteiger partial charge in [-0.3, -0.25) is 0 Å². The molecule has 0 aliphatic rings. The molecule has 2 rings (SSSR count). The highest BCUT2D eigenvalue weighted by Crippen LogP contribution is 2.24. The van der Waals surface area contributed by atoms with Crippen LogP contribution in [0.4, 0.5) is 0 Å². The summed E-state index contributed by atoms with van der Waals surface area (Å²) in [5, 5.41) is 8.81. The third kappa shape index (κ3) is 2.96. The maximum absolute atomic E-state index is 8.81. The van der Waals surface area contributed by atoms with E-state index in [0.717, 1.165) is 40.1 Å². The smallest absolute Gasteiger partial charge is 0.107 e. The van der Waals surface area contributed by atoms with Gasteiger partial charge in [-0.25, -0.2) is 4.98 Å². The predicted octanol–water partition coefficient (Wildman–Crippen LogP) is 3.07. The number of H-pyrrole nitrogens is 1. The monoisotopic (exact) mass is 294 g/mol. The lowest BCUT2D eigenvalue weighted by molar-refractivity contribution is 0.287. The molecule has 1 aromatic carbocycles. The van der Waals surface area contributed by atoms with Crippen LogP contribution in [0.5, 0.6) is 0 Å². The van der Waals surface area contributed by atoms with Gasteiger partial charge in [-0.05, 0) is 25.5 Å². The highest BCUT2D eigenvalue weighted by Gasteiger charge is 2.08. The largest absolute Gasteiger partial charge is 0.396 e. The number of aromatic amines is 1. The summed E-state index contributed by atoms with van der Waals surface area (Å²) < 4.78 is 1.05. The number of hydrogen-bond donors (Lipinski definition) is 2. The van der Waals surface area contributed by atoms with Crippen molar-refractivity contribution in [3.05, 3.63) is 40.3 Å². The molecular weight excluding hydrogens is 280 g/mol. The minimum absolute atomic E-state index is 0.200. The average Bonchev–Trinajstić information content (AvgIpc) is 2.68. The molecular formula is C13H15BrN2O. The highest BCUT2D eigenvalue weighted by molar-refractivity contribution is 9.10. The summed E-state index contributed by atoms with van der Waals surface area (Å²) in [7, 11) is 0. The van der Waals surface area contributed by atoms with E-state index in [1.54, 1.807) is 0 Å². The molecule has 0 radical (unpaired) electrons. The fourth-order valence-corrected chi connectivity index (χ4v) is 2.20. The third-order valence-corrected chi connectivity index (χ3v) is 3.10. The lowest BCUT2D eigenvalue weighted by Crippen LogP contribution is -1.91. The Kier molecular flexibility index (Phi) is 3.97. The molecule has 0 aliphatic carbocycles. The standard InChI is InChI=1S/C13H15BrN2O/c1-9-13(10-4-2-5-11(14)8-10)16-12(15-9)6-3-7-17/h2,4-5,8,17H,3,6-7H2,1H3,(H,15,16). The van der Waals surface area contributed by atoms with Crippen molar-refractivity contribution in [3.63, 3.8) is 0 Å². The molecule has 2 N–H and O–H groups in total. The van der Waals surface area contributed by atoms with Gasteiger partial charge in [0.25, 0.3) is 0 Å². The molecule has 0 bridgehead atoms. The normalized spacial score (nSPS) is 10.8. The van der Waals surface area contributed by atoms with Crippen molar-refractivity contribution < 1.29 is 5.11 Å². The number of nitrogens with one attached hydrogen (secondary N) is 1. The molecule has 0 aliphatic heterocycles. The summed E-state index contributed by atoms with van der Waals surface area (Å²) in [4.78, 5) is 7.83. The Morgan fingerprint density at radius 1 is 1.41 bits per heavy atom. The topological polar surface area (TPSA) is 48.9 Å². The fraction of sp³-hybridized carbons (Fsp3) is 0.308. The summed E-state index contributed by atoms with van der Waals surface area (Å²) in [6.45, 7) is 2.22. The van der Waals surface area contributed by atoms with Crippen LogP contribution < -0.4 is 0 Å². The summed E-state index contributed by atoms with van der Waals surface area (Å²) in [6.07, 6.45) is 1.52. The van der Waals surface area contributed by atoms with Gasteiger partial charge in [0.2, 0.25) is 0 Å². The van der Waals surface area contributed by atoms with Crippen molar-refractivity contribution >= 4 is 15.9 Å². The molecule has 0 fully saturated rings. The second-order valence-corrected chi connectivity index (χ2v) is 4.91. The predicted molar refractivity (Wildman–Crippen MR) is 71.9 cm³/mol. The van der Waals surface area contributed by atoms with E-state index >= 15 is 0 Å². The van der Waals surface area contributed by atoms with E-state index in [4.69, 9.17) is 5.11 Å². The first-order valence-corrected chi connectivity index (χ1v) is 6.42. The lowest BCUT2D eigenvalue weighted by Gasteiger charge is -1.98. The zero-order chi connectivity index (χ0) is 12.3. The van der Waals surface area contributed by atoms with E-state index in [2.05, 4.69) is 32.0 Å². The van der Waals surface area contributed by atoms with Crippen molar-refractivity contribution in [3.8, 4) is 11.3 Å². The van der Waals surface area contributed by atoms with Crippen LogP contribution in [0.1, 0.15) is 17.9 Å². The molecule has 0 saturated carbocycles. The number of halogens is 1. The number of rotatable bonds is 4. The molecule has 17 heavy (non-hydrogen) atoms. The van der Waals surface area contributed by atoms with Crippen LogP contribution in [-0.2, 0) is 6.42 Å². The molecule has 0 amide bonds. The van der Waals surface area contributed by atoms with E-state index in [-0.39, 0.29) is 6.61 Å². The van der Waals surface area contributed by atoms with E-state index < -0.39 is 0 Å². The van der Waals surface area contributed by atoms with E-state index in [9.17, 15) is 0 Å². The quantitative estimate of drug-likeness (QED) is 0.910. The Bertz CT molecular complexity index is 508. The van der Waals surface area contributed by atoms with Gasteiger partial charge in [0, 0.05) is 28.8 Å². The van der Waals surface area contributed by atoms with Crippen LogP contribution in [0.2, 0.25) is 0 Å². The SMILES string of the molecule is Cc1[nH]c(CCCO)nc1-c1cccc(Br)c1. The number of nitrogens with zero attached hydrogens (tertiary/aromatic N) is 1. The molecule has 3 nitrogen and oxygen atoms in total. The van der Waals surface area contributed by atoms with Gasteiger partial charge < -0.3 is 10.1 Å². The minimum Gasteiger partial charge on any atom is -0.396 e. The van der Waals surface area contributed by atoms with Crippen LogP contribution in [0, 0.1) is 6.92 Å². The maximum Gasteiger partial charge on any atom is 0.107 e. The number of aliphatic hydroxyl groups is 1. The first kappa shape index (κ1) is 12.3. The first-order chi connectivity index (χ1) is 8.20. The Hall–Kier alpha value is -1.13. The average molecular weight is 295 g/mol. The summed E-state index contributed by atoms with van der Waals surface area (Å²) in [5.41, 5.74) is 3.15. The molecule has 0 unspecified atom stereocenters. The van der Waals surface area contributed by atoms with Crippen molar-refractivity contribution in [1.82, 2.24) is 9.97 Å². The summed E-state index contributed by atoms with van der Waals surface area (Å²) >= 11 is 3.46.